The number of nitrogens with one attached hydrogen (secondary N) is 2. The van der Waals surface area contributed by atoms with Crippen LogP contribution in [0.2, 0.25) is 0 Å². The van der Waals surface area contributed by atoms with Crippen LogP contribution in [-0.4, -0.2) is 50.8 Å². The van der Waals surface area contributed by atoms with Gasteiger partial charge in [-0.05, 0) is 43.9 Å². The van der Waals surface area contributed by atoms with Crippen LogP contribution in [0.15, 0.2) is 23.1 Å². The second kappa shape index (κ2) is 8.44. The summed E-state index contributed by atoms with van der Waals surface area (Å²) in [5, 5.41) is 14.2. The average molecular weight is 410 g/mol. The zero-order valence-electron chi connectivity index (χ0n) is 15.9. The lowest BCUT2D eigenvalue weighted by Gasteiger charge is -2.41. The molecular formula is C18H26N4O5S. The summed E-state index contributed by atoms with van der Waals surface area (Å²) in [5.74, 6) is 1.19. The third kappa shape index (κ3) is 4.44. The minimum absolute atomic E-state index is 0.0592. The maximum absolute atomic E-state index is 12.6. The Hall–Kier alpha value is -2.20. The van der Waals surface area contributed by atoms with Gasteiger partial charge in [-0.1, -0.05) is 19.3 Å². The number of carbonyl (C=O) groups excluding carboxylic acids is 1. The molecule has 1 heterocycles. The maximum atomic E-state index is 12.6. The summed E-state index contributed by atoms with van der Waals surface area (Å²) in [6.07, 6.45) is 5.93. The van der Waals surface area contributed by atoms with Crippen molar-refractivity contribution >= 4 is 27.3 Å². The summed E-state index contributed by atoms with van der Waals surface area (Å²) >= 11 is 0. The molecule has 0 unspecified atom stereocenters. The standard InChI is InChI=1S/C18H26N4O5S/c1-19-28(26,27)15-6-7-16(17(10-15)22(24)25)20-11-18(23)21-9-8-13-4-2-3-5-14(13)12-21/h6-7,10,13-14,19-20H,2-5,8-9,11-12H2,1H3/t13-,14-/m1/s1. The number of likely N-dealkylation sites (tertiary alicyclic amines) is 1. The Morgan fingerprint density at radius 2 is 1.96 bits per heavy atom. The Bertz CT molecular complexity index is 858. The molecule has 1 saturated carbocycles. The van der Waals surface area contributed by atoms with Crippen molar-refractivity contribution in [2.45, 2.75) is 37.0 Å². The van der Waals surface area contributed by atoms with Crippen molar-refractivity contribution in [3.63, 3.8) is 0 Å². The second-order valence-electron chi connectivity index (χ2n) is 7.43. The number of fused-ring (bicyclic) bond motifs is 1. The number of amides is 1. The van der Waals surface area contributed by atoms with Crippen molar-refractivity contribution in [3.8, 4) is 0 Å². The number of carbonyl (C=O) groups is 1. The van der Waals surface area contributed by atoms with Crippen LogP contribution >= 0.6 is 0 Å². The third-order valence-corrected chi connectivity index (χ3v) is 7.23. The third-order valence-electron chi connectivity index (χ3n) is 5.82. The van der Waals surface area contributed by atoms with Gasteiger partial charge in [-0.15, -0.1) is 0 Å². The molecule has 2 atom stereocenters. The summed E-state index contributed by atoms with van der Waals surface area (Å²) in [7, 11) is -2.55. The van der Waals surface area contributed by atoms with Gasteiger partial charge in [-0.3, -0.25) is 14.9 Å². The van der Waals surface area contributed by atoms with Crippen molar-refractivity contribution in [3.05, 3.63) is 28.3 Å². The van der Waals surface area contributed by atoms with Gasteiger partial charge in [-0.2, -0.15) is 0 Å². The number of benzene rings is 1. The van der Waals surface area contributed by atoms with Gasteiger partial charge in [0.05, 0.1) is 16.4 Å². The fourth-order valence-electron chi connectivity index (χ4n) is 4.21. The van der Waals surface area contributed by atoms with E-state index in [2.05, 4.69) is 10.0 Å². The molecule has 1 saturated heterocycles. The second-order valence-corrected chi connectivity index (χ2v) is 9.32. The molecule has 0 spiro atoms. The van der Waals surface area contributed by atoms with E-state index in [1.54, 1.807) is 0 Å². The van der Waals surface area contributed by atoms with E-state index in [0.29, 0.717) is 11.8 Å². The molecule has 2 fully saturated rings. The van der Waals surface area contributed by atoms with Crippen LogP contribution in [0.4, 0.5) is 11.4 Å². The summed E-state index contributed by atoms with van der Waals surface area (Å²) in [6.45, 7) is 1.42. The predicted molar refractivity (Wildman–Crippen MR) is 104 cm³/mol. The molecule has 1 aromatic carbocycles. The molecule has 28 heavy (non-hydrogen) atoms. The first kappa shape index (κ1) is 20.5. The fraction of sp³-hybridized carbons (Fsp3) is 0.611. The predicted octanol–water partition coefficient (Wildman–Crippen LogP) is 1.95. The van der Waals surface area contributed by atoms with Crippen LogP contribution in [0.25, 0.3) is 0 Å². The van der Waals surface area contributed by atoms with E-state index in [-0.39, 0.29) is 28.7 Å². The van der Waals surface area contributed by atoms with Crippen molar-refractivity contribution in [2.24, 2.45) is 11.8 Å². The minimum atomic E-state index is -3.79. The van der Waals surface area contributed by atoms with E-state index in [1.807, 2.05) is 4.90 Å². The average Bonchev–Trinajstić information content (AvgIpc) is 2.71. The highest BCUT2D eigenvalue weighted by Gasteiger charge is 2.33. The van der Waals surface area contributed by atoms with E-state index in [0.717, 1.165) is 32.0 Å². The molecule has 154 valence electrons. The number of hydrogen-bond donors (Lipinski definition) is 2. The first-order valence-electron chi connectivity index (χ1n) is 9.55. The van der Waals surface area contributed by atoms with Crippen molar-refractivity contribution < 1.29 is 18.1 Å². The molecular weight excluding hydrogens is 384 g/mol. The Morgan fingerprint density at radius 1 is 1.25 bits per heavy atom. The first-order valence-corrected chi connectivity index (χ1v) is 11.0. The maximum Gasteiger partial charge on any atom is 0.293 e. The Labute approximate surface area is 164 Å². The number of nitrogens with zero attached hydrogens (tertiary/aromatic N) is 2. The largest absolute Gasteiger partial charge is 0.371 e. The van der Waals surface area contributed by atoms with E-state index < -0.39 is 14.9 Å². The van der Waals surface area contributed by atoms with Crippen LogP contribution in [0.1, 0.15) is 32.1 Å². The van der Waals surface area contributed by atoms with Gasteiger partial charge in [-0.25, -0.2) is 13.1 Å². The highest BCUT2D eigenvalue weighted by Crippen LogP contribution is 2.36. The van der Waals surface area contributed by atoms with Gasteiger partial charge < -0.3 is 10.2 Å². The Balaban J connectivity index is 1.66. The zero-order valence-corrected chi connectivity index (χ0v) is 16.7. The Morgan fingerprint density at radius 3 is 2.64 bits per heavy atom. The SMILES string of the molecule is CNS(=O)(=O)c1ccc(NCC(=O)N2CC[C@H]3CCCC[C@@H]3C2)c([N+](=O)[O-])c1. The number of hydrogen-bond acceptors (Lipinski definition) is 6. The van der Waals surface area contributed by atoms with Crippen LogP contribution in [0.5, 0.6) is 0 Å². The molecule has 10 heteroatoms. The van der Waals surface area contributed by atoms with Crippen LogP contribution in [0, 0.1) is 22.0 Å². The molecule has 2 aliphatic rings. The summed E-state index contributed by atoms with van der Waals surface area (Å²) < 4.78 is 25.8. The number of nitro benzene ring substituents is 1. The van der Waals surface area contributed by atoms with Crippen LogP contribution < -0.4 is 10.0 Å². The fourth-order valence-corrected chi connectivity index (χ4v) is 4.96. The van der Waals surface area contributed by atoms with Gasteiger partial charge in [0.1, 0.15) is 5.69 Å². The normalized spacial score (nSPS) is 22.4. The lowest BCUT2D eigenvalue weighted by atomic mass is 9.75. The van der Waals surface area contributed by atoms with Gasteiger partial charge in [0, 0.05) is 19.2 Å². The summed E-state index contributed by atoms with van der Waals surface area (Å²) in [4.78, 5) is 24.9. The lowest BCUT2D eigenvalue weighted by Crippen LogP contribution is -2.46. The topological polar surface area (TPSA) is 122 Å². The highest BCUT2D eigenvalue weighted by molar-refractivity contribution is 7.89. The Kier molecular flexibility index (Phi) is 6.19. The van der Waals surface area contributed by atoms with Gasteiger partial charge >= 0.3 is 0 Å². The smallest absolute Gasteiger partial charge is 0.293 e. The van der Waals surface area contributed by atoms with E-state index >= 15 is 0 Å². The number of nitro groups is 1. The number of rotatable bonds is 6. The highest BCUT2D eigenvalue weighted by atomic mass is 32.2. The van der Waals surface area contributed by atoms with E-state index in [4.69, 9.17) is 0 Å². The molecule has 3 rings (SSSR count). The van der Waals surface area contributed by atoms with Crippen molar-refractivity contribution in [1.29, 1.82) is 0 Å². The van der Waals surface area contributed by atoms with Gasteiger partial charge in [0.2, 0.25) is 15.9 Å². The number of piperidine rings is 1. The van der Waals surface area contributed by atoms with Crippen LogP contribution in [-0.2, 0) is 14.8 Å². The molecule has 1 aliphatic heterocycles. The molecule has 2 N–H and O–H groups in total. The molecule has 9 nitrogen and oxygen atoms in total. The molecule has 0 radical (unpaired) electrons. The van der Waals surface area contributed by atoms with Crippen molar-refractivity contribution in [1.82, 2.24) is 9.62 Å². The van der Waals surface area contributed by atoms with Gasteiger partial charge in [0.25, 0.3) is 5.69 Å². The van der Waals surface area contributed by atoms with Crippen molar-refractivity contribution in [2.75, 3.05) is 32.0 Å². The molecule has 0 bridgehead atoms. The quantitative estimate of drug-likeness (QED) is 0.546. The van der Waals surface area contributed by atoms with Gasteiger partial charge in [0.15, 0.2) is 0 Å². The van der Waals surface area contributed by atoms with E-state index in [1.165, 1.54) is 38.4 Å². The molecule has 1 amide bonds. The summed E-state index contributed by atoms with van der Waals surface area (Å²) in [6, 6.07) is 3.59. The first-order chi connectivity index (χ1) is 13.3. The van der Waals surface area contributed by atoms with E-state index in [9.17, 15) is 23.3 Å². The zero-order chi connectivity index (χ0) is 20.3. The number of sulfonamides is 1. The lowest BCUT2D eigenvalue weighted by molar-refractivity contribution is -0.384. The number of anilines is 1. The van der Waals surface area contributed by atoms with Crippen LogP contribution in [0.3, 0.4) is 0 Å². The summed E-state index contributed by atoms with van der Waals surface area (Å²) in [5.41, 5.74) is -0.254. The molecule has 1 aromatic rings. The monoisotopic (exact) mass is 410 g/mol. The molecule has 1 aliphatic carbocycles. The minimum Gasteiger partial charge on any atom is -0.371 e. The molecule has 0 aromatic heterocycles.